The fraction of sp³-hybridized carbons (Fsp3) is 0.556. The van der Waals surface area contributed by atoms with Gasteiger partial charge in [-0.05, 0) is 72.8 Å². The van der Waals surface area contributed by atoms with E-state index in [0.717, 1.165) is 62.9 Å². The van der Waals surface area contributed by atoms with E-state index in [9.17, 15) is 0 Å². The van der Waals surface area contributed by atoms with Crippen molar-refractivity contribution in [1.29, 1.82) is 0 Å². The van der Waals surface area contributed by atoms with Crippen LogP contribution in [0, 0.1) is 5.92 Å². The fourth-order valence-corrected chi connectivity index (χ4v) is 4.15. The van der Waals surface area contributed by atoms with Crippen molar-refractivity contribution in [2.75, 3.05) is 46.5 Å². The Labute approximate surface area is 194 Å². The van der Waals surface area contributed by atoms with Gasteiger partial charge in [-0.2, -0.15) is 0 Å². The molecule has 5 heteroatoms. The average Bonchev–Trinajstić information content (AvgIpc) is 2.81. The average molecular weight is 441 g/mol. The lowest BCUT2D eigenvalue weighted by molar-refractivity contribution is 0.222. The normalized spacial score (nSPS) is 15.7. The third kappa shape index (κ3) is 6.39. The van der Waals surface area contributed by atoms with Crippen molar-refractivity contribution < 1.29 is 14.2 Å². The van der Waals surface area contributed by atoms with Gasteiger partial charge >= 0.3 is 0 Å². The number of hydrogen-bond acceptors (Lipinski definition) is 5. The van der Waals surface area contributed by atoms with Crippen LogP contribution in [0.5, 0.6) is 17.2 Å². The molecule has 32 heavy (non-hydrogen) atoms. The molecule has 176 valence electrons. The Morgan fingerprint density at radius 3 is 2.53 bits per heavy atom. The zero-order valence-corrected chi connectivity index (χ0v) is 20.4. The van der Waals surface area contributed by atoms with Crippen LogP contribution in [0.3, 0.4) is 0 Å². The van der Waals surface area contributed by atoms with Crippen LogP contribution in [0.1, 0.15) is 56.8 Å². The molecule has 0 radical (unpaired) electrons. The second kappa shape index (κ2) is 12.1. The first-order valence-electron chi connectivity index (χ1n) is 12.1. The van der Waals surface area contributed by atoms with Crippen LogP contribution in [0.4, 0.5) is 0 Å². The standard InChI is InChI=1S/C27H40N2O3/c1-6-29(7-2)15-17-31-23-9-10-24-21(18-23)12-14-28-27(24)22-8-11-25(26(19-22)30-5)32-16-13-20(3)4/h8-11,18-20,27-28H,6-7,12-17H2,1-5H3. The molecule has 0 fully saturated rings. The van der Waals surface area contributed by atoms with Gasteiger partial charge < -0.3 is 24.4 Å². The minimum Gasteiger partial charge on any atom is -0.493 e. The smallest absolute Gasteiger partial charge is 0.161 e. The highest BCUT2D eigenvalue weighted by Crippen LogP contribution is 2.36. The highest BCUT2D eigenvalue weighted by Gasteiger charge is 2.23. The SMILES string of the molecule is CCN(CC)CCOc1ccc2c(c1)CCNC2c1ccc(OCCC(C)C)c(OC)c1. The van der Waals surface area contributed by atoms with Crippen molar-refractivity contribution in [3.63, 3.8) is 0 Å². The van der Waals surface area contributed by atoms with Gasteiger partial charge in [-0.1, -0.05) is 39.8 Å². The first-order chi connectivity index (χ1) is 15.5. The van der Waals surface area contributed by atoms with Gasteiger partial charge in [0.1, 0.15) is 12.4 Å². The minimum absolute atomic E-state index is 0.141. The van der Waals surface area contributed by atoms with E-state index in [4.69, 9.17) is 14.2 Å². The van der Waals surface area contributed by atoms with E-state index in [1.807, 2.05) is 6.07 Å². The van der Waals surface area contributed by atoms with E-state index in [1.54, 1.807) is 7.11 Å². The monoisotopic (exact) mass is 440 g/mol. The molecule has 0 saturated carbocycles. The number of benzene rings is 2. The van der Waals surface area contributed by atoms with Crippen molar-refractivity contribution in [3.8, 4) is 17.2 Å². The highest BCUT2D eigenvalue weighted by atomic mass is 16.5. The van der Waals surface area contributed by atoms with E-state index < -0.39 is 0 Å². The number of nitrogens with zero attached hydrogens (tertiary/aromatic N) is 1. The van der Waals surface area contributed by atoms with E-state index in [-0.39, 0.29) is 6.04 Å². The number of rotatable bonds is 12. The summed E-state index contributed by atoms with van der Waals surface area (Å²) in [7, 11) is 1.71. The largest absolute Gasteiger partial charge is 0.493 e. The molecule has 0 aliphatic carbocycles. The van der Waals surface area contributed by atoms with Crippen LogP contribution < -0.4 is 19.5 Å². The molecule has 1 atom stereocenters. The molecule has 0 amide bonds. The van der Waals surface area contributed by atoms with Gasteiger partial charge in [-0.25, -0.2) is 0 Å². The Hall–Kier alpha value is -2.24. The van der Waals surface area contributed by atoms with E-state index >= 15 is 0 Å². The van der Waals surface area contributed by atoms with Crippen LogP contribution in [0.2, 0.25) is 0 Å². The Kier molecular flexibility index (Phi) is 9.24. The van der Waals surface area contributed by atoms with Gasteiger partial charge in [-0.15, -0.1) is 0 Å². The third-order valence-electron chi connectivity index (χ3n) is 6.21. The molecule has 1 N–H and O–H groups in total. The van der Waals surface area contributed by atoms with Crippen LogP contribution in [0.25, 0.3) is 0 Å². The van der Waals surface area contributed by atoms with Gasteiger partial charge in [0.15, 0.2) is 11.5 Å². The number of fused-ring (bicyclic) bond motifs is 1. The summed E-state index contributed by atoms with van der Waals surface area (Å²) < 4.78 is 17.7. The summed E-state index contributed by atoms with van der Waals surface area (Å²) in [6.07, 6.45) is 2.04. The van der Waals surface area contributed by atoms with Gasteiger partial charge in [-0.3, -0.25) is 0 Å². The van der Waals surface area contributed by atoms with E-state index in [2.05, 4.69) is 68.2 Å². The summed E-state index contributed by atoms with van der Waals surface area (Å²) in [4.78, 5) is 2.38. The molecule has 2 aromatic carbocycles. The Morgan fingerprint density at radius 1 is 1.00 bits per heavy atom. The maximum Gasteiger partial charge on any atom is 0.161 e. The zero-order chi connectivity index (χ0) is 22.9. The molecule has 0 spiro atoms. The Balaban J connectivity index is 1.71. The Morgan fingerprint density at radius 2 is 1.81 bits per heavy atom. The first-order valence-corrected chi connectivity index (χ1v) is 12.1. The van der Waals surface area contributed by atoms with Crippen LogP contribution in [-0.4, -0.2) is 51.4 Å². The molecule has 1 heterocycles. The van der Waals surface area contributed by atoms with Crippen LogP contribution in [-0.2, 0) is 6.42 Å². The number of ether oxygens (including phenoxy) is 3. The van der Waals surface area contributed by atoms with Crippen molar-refractivity contribution in [2.45, 2.75) is 46.6 Å². The van der Waals surface area contributed by atoms with Crippen molar-refractivity contribution in [1.82, 2.24) is 10.2 Å². The van der Waals surface area contributed by atoms with Crippen LogP contribution in [0.15, 0.2) is 36.4 Å². The number of nitrogens with one attached hydrogen (secondary N) is 1. The van der Waals surface area contributed by atoms with Gasteiger partial charge in [0.2, 0.25) is 0 Å². The van der Waals surface area contributed by atoms with Crippen LogP contribution >= 0.6 is 0 Å². The molecule has 2 aromatic rings. The molecular formula is C27H40N2O3. The molecule has 0 bridgehead atoms. The Bertz CT molecular complexity index is 849. The number of likely N-dealkylation sites (N-methyl/N-ethyl adjacent to an activating group) is 1. The lowest BCUT2D eigenvalue weighted by Gasteiger charge is -2.28. The second-order valence-corrected chi connectivity index (χ2v) is 8.81. The highest BCUT2D eigenvalue weighted by molar-refractivity contribution is 5.49. The topological polar surface area (TPSA) is 43.0 Å². The summed E-state index contributed by atoms with van der Waals surface area (Å²) in [5.41, 5.74) is 3.85. The predicted octanol–water partition coefficient (Wildman–Crippen LogP) is 5.08. The second-order valence-electron chi connectivity index (χ2n) is 8.81. The number of hydrogen-bond donors (Lipinski definition) is 1. The van der Waals surface area contributed by atoms with Gasteiger partial charge in [0.25, 0.3) is 0 Å². The lowest BCUT2D eigenvalue weighted by Crippen LogP contribution is -2.30. The third-order valence-corrected chi connectivity index (χ3v) is 6.21. The fourth-order valence-electron chi connectivity index (χ4n) is 4.15. The summed E-state index contributed by atoms with van der Waals surface area (Å²) in [5, 5.41) is 3.67. The molecule has 5 nitrogen and oxygen atoms in total. The van der Waals surface area contributed by atoms with E-state index in [0.29, 0.717) is 12.5 Å². The van der Waals surface area contributed by atoms with E-state index in [1.165, 1.54) is 16.7 Å². The molecule has 3 rings (SSSR count). The maximum absolute atomic E-state index is 6.06. The molecule has 1 aliphatic rings. The maximum atomic E-state index is 6.06. The van der Waals surface area contributed by atoms with Crippen molar-refractivity contribution in [3.05, 3.63) is 53.1 Å². The van der Waals surface area contributed by atoms with Crippen molar-refractivity contribution >= 4 is 0 Å². The summed E-state index contributed by atoms with van der Waals surface area (Å²) in [6.45, 7) is 14.2. The molecule has 0 aromatic heterocycles. The van der Waals surface area contributed by atoms with Gasteiger partial charge in [0, 0.05) is 13.1 Å². The summed E-state index contributed by atoms with van der Waals surface area (Å²) in [6, 6.07) is 12.9. The summed E-state index contributed by atoms with van der Waals surface area (Å²) >= 11 is 0. The van der Waals surface area contributed by atoms with Crippen molar-refractivity contribution in [2.24, 2.45) is 5.92 Å². The predicted molar refractivity (Wildman–Crippen MR) is 131 cm³/mol. The molecule has 1 unspecified atom stereocenters. The minimum atomic E-state index is 0.141. The molecular weight excluding hydrogens is 400 g/mol. The van der Waals surface area contributed by atoms with Gasteiger partial charge in [0.05, 0.1) is 19.8 Å². The number of methoxy groups -OCH3 is 1. The first kappa shape index (κ1) is 24.4. The lowest BCUT2D eigenvalue weighted by atomic mass is 9.89. The quantitative estimate of drug-likeness (QED) is 0.499. The summed E-state index contributed by atoms with van der Waals surface area (Å²) in [5.74, 6) is 3.18. The molecule has 0 saturated heterocycles. The molecule has 1 aliphatic heterocycles. The zero-order valence-electron chi connectivity index (χ0n) is 20.4.